The molecular weight excluding hydrogens is 372 g/mol. The summed E-state index contributed by atoms with van der Waals surface area (Å²) in [5.41, 5.74) is 2.04. The number of rotatable bonds is 7. The Labute approximate surface area is 170 Å². The van der Waals surface area contributed by atoms with Gasteiger partial charge in [0.2, 0.25) is 12.7 Å². The number of benzene rings is 2. The molecule has 2 aliphatic heterocycles. The van der Waals surface area contributed by atoms with E-state index < -0.39 is 0 Å². The Bertz CT molecular complexity index is 886. The predicted octanol–water partition coefficient (Wildman–Crippen LogP) is 2.89. The molecule has 7 heteroatoms. The average Bonchev–Trinajstić information content (AvgIpc) is 3.40. The van der Waals surface area contributed by atoms with E-state index in [1.807, 2.05) is 36.4 Å². The minimum Gasteiger partial charge on any atom is -0.497 e. The number of hydrogen-bond donors (Lipinski definition) is 1. The van der Waals surface area contributed by atoms with Crippen LogP contribution in [-0.2, 0) is 11.3 Å². The molecule has 0 aromatic heterocycles. The van der Waals surface area contributed by atoms with E-state index in [2.05, 4.69) is 10.2 Å². The minimum atomic E-state index is -0.00331. The number of nitrogens with zero attached hydrogens (tertiary/aromatic N) is 1. The second-order valence-corrected chi connectivity index (χ2v) is 7.20. The summed E-state index contributed by atoms with van der Waals surface area (Å²) in [6.07, 6.45) is 2.03. The highest BCUT2D eigenvalue weighted by atomic mass is 16.7. The smallest absolute Gasteiger partial charge is 0.234 e. The molecule has 154 valence electrons. The molecule has 0 saturated carbocycles. The summed E-state index contributed by atoms with van der Waals surface area (Å²) in [4.78, 5) is 14.8. The Morgan fingerprint density at radius 3 is 2.83 bits per heavy atom. The number of likely N-dealkylation sites (tertiary alicyclic amines) is 1. The average molecular weight is 398 g/mol. The van der Waals surface area contributed by atoms with Crippen molar-refractivity contribution < 1.29 is 23.7 Å². The standard InChI is InChI=1S/C22H26N2O5/c1-26-16-6-8-19(27-2)17(11-16)18-4-3-9-24(18)13-22(25)23-12-15-5-7-20-21(10-15)29-14-28-20/h5-8,10-11,18H,3-4,9,12-14H2,1-2H3,(H,23,25)/t18-/m0/s1. The van der Waals surface area contributed by atoms with Gasteiger partial charge in [0, 0.05) is 18.2 Å². The van der Waals surface area contributed by atoms with E-state index in [0.29, 0.717) is 13.1 Å². The summed E-state index contributed by atoms with van der Waals surface area (Å²) in [6, 6.07) is 11.7. The number of nitrogens with one attached hydrogen (secondary N) is 1. The number of hydrogen-bond acceptors (Lipinski definition) is 6. The lowest BCUT2D eigenvalue weighted by atomic mass is 10.0. The van der Waals surface area contributed by atoms with Gasteiger partial charge in [0.1, 0.15) is 11.5 Å². The number of fused-ring (bicyclic) bond motifs is 1. The third-order valence-corrected chi connectivity index (χ3v) is 5.43. The van der Waals surface area contributed by atoms with Crippen LogP contribution in [-0.4, -0.2) is 44.9 Å². The van der Waals surface area contributed by atoms with Gasteiger partial charge in [-0.1, -0.05) is 6.07 Å². The Morgan fingerprint density at radius 2 is 2.00 bits per heavy atom. The maximum Gasteiger partial charge on any atom is 0.234 e. The van der Waals surface area contributed by atoms with Crippen molar-refractivity contribution in [3.8, 4) is 23.0 Å². The number of amides is 1. The van der Waals surface area contributed by atoms with Gasteiger partial charge < -0.3 is 24.3 Å². The summed E-state index contributed by atoms with van der Waals surface area (Å²) in [5.74, 6) is 3.08. The van der Waals surface area contributed by atoms with Gasteiger partial charge in [-0.3, -0.25) is 9.69 Å². The van der Waals surface area contributed by atoms with Crippen LogP contribution in [0.25, 0.3) is 0 Å². The van der Waals surface area contributed by atoms with Crippen molar-refractivity contribution in [2.24, 2.45) is 0 Å². The van der Waals surface area contributed by atoms with E-state index in [1.54, 1.807) is 14.2 Å². The second-order valence-electron chi connectivity index (χ2n) is 7.20. The van der Waals surface area contributed by atoms with E-state index in [4.69, 9.17) is 18.9 Å². The number of carbonyl (C=O) groups excluding carboxylic acids is 1. The molecule has 2 aromatic carbocycles. The minimum absolute atomic E-state index is 0.00331. The molecule has 4 rings (SSSR count). The topological polar surface area (TPSA) is 69.3 Å². The van der Waals surface area contributed by atoms with Crippen LogP contribution in [0.3, 0.4) is 0 Å². The zero-order chi connectivity index (χ0) is 20.2. The van der Waals surface area contributed by atoms with Crippen LogP contribution in [0.5, 0.6) is 23.0 Å². The van der Waals surface area contributed by atoms with Gasteiger partial charge in [-0.05, 0) is 55.3 Å². The molecule has 0 unspecified atom stereocenters. The fourth-order valence-electron chi connectivity index (χ4n) is 3.96. The summed E-state index contributed by atoms with van der Waals surface area (Å²) in [6.45, 7) is 1.92. The van der Waals surface area contributed by atoms with Gasteiger partial charge in [-0.25, -0.2) is 0 Å². The van der Waals surface area contributed by atoms with Gasteiger partial charge in [0.15, 0.2) is 11.5 Å². The molecule has 2 aromatic rings. The lowest BCUT2D eigenvalue weighted by molar-refractivity contribution is -0.122. The first kappa shape index (κ1) is 19.4. The van der Waals surface area contributed by atoms with Gasteiger partial charge in [0.05, 0.1) is 20.8 Å². The maximum atomic E-state index is 12.6. The van der Waals surface area contributed by atoms with Gasteiger partial charge in [-0.15, -0.1) is 0 Å². The zero-order valence-electron chi connectivity index (χ0n) is 16.8. The molecule has 1 amide bonds. The van der Waals surface area contributed by atoms with E-state index in [9.17, 15) is 4.79 Å². The zero-order valence-corrected chi connectivity index (χ0v) is 16.8. The molecule has 1 fully saturated rings. The quantitative estimate of drug-likeness (QED) is 0.774. The molecule has 29 heavy (non-hydrogen) atoms. The maximum absolute atomic E-state index is 12.6. The highest BCUT2D eigenvalue weighted by Gasteiger charge is 2.30. The Hall–Kier alpha value is -2.93. The van der Waals surface area contributed by atoms with E-state index in [0.717, 1.165) is 53.5 Å². The van der Waals surface area contributed by atoms with E-state index >= 15 is 0 Å². The first-order chi connectivity index (χ1) is 14.2. The highest BCUT2D eigenvalue weighted by molar-refractivity contribution is 5.78. The van der Waals surface area contributed by atoms with Crippen molar-refractivity contribution in [3.63, 3.8) is 0 Å². The molecule has 0 aliphatic carbocycles. The van der Waals surface area contributed by atoms with Gasteiger partial charge in [-0.2, -0.15) is 0 Å². The third-order valence-electron chi connectivity index (χ3n) is 5.43. The van der Waals surface area contributed by atoms with Crippen LogP contribution in [0.15, 0.2) is 36.4 Å². The molecule has 1 atom stereocenters. The Morgan fingerprint density at radius 1 is 1.14 bits per heavy atom. The van der Waals surface area contributed by atoms with Crippen molar-refractivity contribution in [1.29, 1.82) is 0 Å². The first-order valence-electron chi connectivity index (χ1n) is 9.79. The third kappa shape index (κ3) is 4.24. The molecule has 7 nitrogen and oxygen atoms in total. The molecule has 2 aliphatic rings. The van der Waals surface area contributed by atoms with Gasteiger partial charge in [0.25, 0.3) is 0 Å². The van der Waals surface area contributed by atoms with Crippen molar-refractivity contribution in [2.45, 2.75) is 25.4 Å². The molecule has 0 bridgehead atoms. The summed E-state index contributed by atoms with van der Waals surface area (Å²) in [7, 11) is 3.32. The molecule has 2 heterocycles. The molecular formula is C22H26N2O5. The molecule has 1 N–H and O–H groups in total. The second kappa shape index (κ2) is 8.61. The first-order valence-corrected chi connectivity index (χ1v) is 9.79. The monoisotopic (exact) mass is 398 g/mol. The van der Waals surface area contributed by atoms with Crippen LogP contribution in [0.1, 0.15) is 30.0 Å². The van der Waals surface area contributed by atoms with Crippen molar-refractivity contribution in [2.75, 3.05) is 34.1 Å². The fourth-order valence-corrected chi connectivity index (χ4v) is 3.96. The van der Waals surface area contributed by atoms with Crippen LogP contribution in [0, 0.1) is 0 Å². The van der Waals surface area contributed by atoms with Crippen LogP contribution < -0.4 is 24.3 Å². The molecule has 1 saturated heterocycles. The van der Waals surface area contributed by atoms with Crippen LogP contribution >= 0.6 is 0 Å². The van der Waals surface area contributed by atoms with Crippen molar-refractivity contribution in [3.05, 3.63) is 47.5 Å². The Kier molecular flexibility index (Phi) is 5.76. The lowest BCUT2D eigenvalue weighted by Gasteiger charge is -2.26. The van der Waals surface area contributed by atoms with Crippen molar-refractivity contribution in [1.82, 2.24) is 10.2 Å². The number of carbonyl (C=O) groups is 1. The Balaban J connectivity index is 1.39. The summed E-state index contributed by atoms with van der Waals surface area (Å²) in [5, 5.41) is 3.01. The summed E-state index contributed by atoms with van der Waals surface area (Å²) >= 11 is 0. The highest BCUT2D eigenvalue weighted by Crippen LogP contribution is 2.38. The molecule has 0 spiro atoms. The largest absolute Gasteiger partial charge is 0.497 e. The predicted molar refractivity (Wildman–Crippen MR) is 108 cm³/mol. The number of ether oxygens (including phenoxy) is 4. The van der Waals surface area contributed by atoms with Gasteiger partial charge >= 0.3 is 0 Å². The van der Waals surface area contributed by atoms with Crippen molar-refractivity contribution >= 4 is 5.91 Å². The SMILES string of the molecule is COc1ccc(OC)c([C@@H]2CCCN2CC(=O)NCc2ccc3c(c2)OCO3)c1. The fraction of sp³-hybridized carbons (Fsp3) is 0.409. The lowest BCUT2D eigenvalue weighted by Crippen LogP contribution is -2.36. The van der Waals surface area contributed by atoms with Crippen LogP contribution in [0.2, 0.25) is 0 Å². The van der Waals surface area contributed by atoms with E-state index in [1.165, 1.54) is 0 Å². The van der Waals surface area contributed by atoms with Crippen LogP contribution in [0.4, 0.5) is 0 Å². The van der Waals surface area contributed by atoms with E-state index in [-0.39, 0.29) is 18.7 Å². The number of methoxy groups -OCH3 is 2. The summed E-state index contributed by atoms with van der Waals surface area (Å²) < 4.78 is 21.6. The normalized spacial score (nSPS) is 17.9. The molecule has 0 radical (unpaired) electrons.